The molecule has 12 heavy (non-hydrogen) atoms. The first-order chi connectivity index (χ1) is 5.57. The molecule has 2 unspecified atom stereocenters. The van der Waals surface area contributed by atoms with Crippen molar-refractivity contribution in [3.05, 3.63) is 0 Å². The van der Waals surface area contributed by atoms with E-state index < -0.39 is 0 Å². The van der Waals surface area contributed by atoms with Gasteiger partial charge in [0, 0.05) is 18.4 Å². The van der Waals surface area contributed by atoms with Crippen LogP contribution in [-0.4, -0.2) is 11.8 Å². The molecule has 0 aromatic carbocycles. The van der Waals surface area contributed by atoms with Crippen molar-refractivity contribution in [3.8, 4) is 0 Å². The quantitative estimate of drug-likeness (QED) is 0.665. The van der Waals surface area contributed by atoms with Crippen molar-refractivity contribution in [3.63, 3.8) is 0 Å². The zero-order valence-electron chi connectivity index (χ0n) is 8.47. The molecule has 2 atom stereocenters. The van der Waals surface area contributed by atoms with E-state index in [4.69, 9.17) is 5.73 Å². The Bertz CT molecular complexity index is 132. The van der Waals surface area contributed by atoms with Crippen LogP contribution in [0.4, 0.5) is 0 Å². The molecule has 0 aliphatic heterocycles. The standard InChI is InChI=1S/C10H21NO/c1-4-5-8(2)10(12)7-6-9(3)11/h8-9H,4-7,11H2,1-3H3. The summed E-state index contributed by atoms with van der Waals surface area (Å²) in [5.41, 5.74) is 5.56. The molecule has 2 nitrogen and oxygen atoms in total. The van der Waals surface area contributed by atoms with Crippen LogP contribution in [0.15, 0.2) is 0 Å². The van der Waals surface area contributed by atoms with Gasteiger partial charge >= 0.3 is 0 Å². The van der Waals surface area contributed by atoms with Crippen molar-refractivity contribution in [1.82, 2.24) is 0 Å². The van der Waals surface area contributed by atoms with Gasteiger partial charge in [0.1, 0.15) is 5.78 Å². The van der Waals surface area contributed by atoms with Crippen molar-refractivity contribution in [1.29, 1.82) is 0 Å². The normalized spacial score (nSPS) is 15.7. The molecule has 0 saturated carbocycles. The Morgan fingerprint density at radius 1 is 1.33 bits per heavy atom. The Morgan fingerprint density at radius 2 is 1.92 bits per heavy atom. The van der Waals surface area contributed by atoms with Gasteiger partial charge in [-0.15, -0.1) is 0 Å². The van der Waals surface area contributed by atoms with Gasteiger partial charge in [0.25, 0.3) is 0 Å². The molecule has 2 N–H and O–H groups in total. The van der Waals surface area contributed by atoms with Crippen molar-refractivity contribution in [2.75, 3.05) is 0 Å². The third kappa shape index (κ3) is 5.30. The molecule has 0 amide bonds. The Morgan fingerprint density at radius 3 is 2.33 bits per heavy atom. The Hall–Kier alpha value is -0.370. The molecule has 0 rings (SSSR count). The van der Waals surface area contributed by atoms with E-state index in [0.29, 0.717) is 12.2 Å². The number of ketones is 1. The molecule has 0 aromatic rings. The zero-order chi connectivity index (χ0) is 9.56. The summed E-state index contributed by atoms with van der Waals surface area (Å²) in [4.78, 5) is 11.4. The Balaban J connectivity index is 3.57. The minimum absolute atomic E-state index is 0.155. The predicted molar refractivity (Wildman–Crippen MR) is 52.0 cm³/mol. The maximum absolute atomic E-state index is 11.4. The maximum Gasteiger partial charge on any atom is 0.135 e. The molecular formula is C10H21NO. The molecule has 0 saturated heterocycles. The van der Waals surface area contributed by atoms with Gasteiger partial charge in [0.15, 0.2) is 0 Å². The van der Waals surface area contributed by atoms with Crippen molar-refractivity contribution in [2.24, 2.45) is 11.7 Å². The maximum atomic E-state index is 11.4. The number of rotatable bonds is 6. The zero-order valence-corrected chi connectivity index (χ0v) is 8.47. The summed E-state index contributed by atoms with van der Waals surface area (Å²) in [5, 5.41) is 0. The highest BCUT2D eigenvalue weighted by Crippen LogP contribution is 2.10. The van der Waals surface area contributed by atoms with E-state index in [1.807, 2.05) is 13.8 Å². The number of hydrogen-bond acceptors (Lipinski definition) is 2. The Labute approximate surface area is 75.5 Å². The van der Waals surface area contributed by atoms with Gasteiger partial charge < -0.3 is 5.73 Å². The van der Waals surface area contributed by atoms with Crippen molar-refractivity contribution in [2.45, 2.75) is 52.5 Å². The van der Waals surface area contributed by atoms with Crippen LogP contribution in [0, 0.1) is 5.92 Å². The minimum atomic E-state index is 0.155. The van der Waals surface area contributed by atoms with Crippen LogP contribution in [0.3, 0.4) is 0 Å². The average Bonchev–Trinajstić information content (AvgIpc) is 2.00. The molecule has 0 fully saturated rings. The van der Waals surface area contributed by atoms with E-state index in [1.165, 1.54) is 0 Å². The fourth-order valence-corrected chi connectivity index (χ4v) is 1.21. The highest BCUT2D eigenvalue weighted by atomic mass is 16.1. The van der Waals surface area contributed by atoms with Crippen LogP contribution in [0.25, 0.3) is 0 Å². The molecule has 2 heteroatoms. The lowest BCUT2D eigenvalue weighted by molar-refractivity contribution is -0.122. The lowest BCUT2D eigenvalue weighted by Gasteiger charge is -2.09. The predicted octanol–water partition coefficient (Wildman–Crippen LogP) is 2.12. The average molecular weight is 171 g/mol. The number of nitrogens with two attached hydrogens (primary N) is 1. The first kappa shape index (κ1) is 11.6. The van der Waals surface area contributed by atoms with Crippen LogP contribution in [-0.2, 0) is 4.79 Å². The number of hydrogen-bond donors (Lipinski definition) is 1. The van der Waals surface area contributed by atoms with Crippen LogP contribution in [0.1, 0.15) is 46.5 Å². The summed E-state index contributed by atoms with van der Waals surface area (Å²) in [6.45, 7) is 6.06. The van der Waals surface area contributed by atoms with Crippen LogP contribution in [0.2, 0.25) is 0 Å². The fourth-order valence-electron chi connectivity index (χ4n) is 1.21. The summed E-state index contributed by atoms with van der Waals surface area (Å²) in [7, 11) is 0. The third-order valence-corrected chi connectivity index (χ3v) is 2.12. The second-order valence-electron chi connectivity index (χ2n) is 3.67. The lowest BCUT2D eigenvalue weighted by Crippen LogP contribution is -2.18. The topological polar surface area (TPSA) is 43.1 Å². The van der Waals surface area contributed by atoms with Gasteiger partial charge in [0.05, 0.1) is 0 Å². The second-order valence-corrected chi connectivity index (χ2v) is 3.67. The van der Waals surface area contributed by atoms with Crippen LogP contribution in [0.5, 0.6) is 0 Å². The van der Waals surface area contributed by atoms with Gasteiger partial charge in [-0.25, -0.2) is 0 Å². The molecule has 72 valence electrons. The fraction of sp³-hybridized carbons (Fsp3) is 0.900. The molecule has 0 aromatic heterocycles. The first-order valence-electron chi connectivity index (χ1n) is 4.86. The molecule has 0 aliphatic rings. The number of carbonyl (C=O) groups excluding carboxylic acids is 1. The molecule has 0 bridgehead atoms. The minimum Gasteiger partial charge on any atom is -0.328 e. The molecule has 0 aliphatic carbocycles. The number of carbonyl (C=O) groups is 1. The van der Waals surface area contributed by atoms with E-state index >= 15 is 0 Å². The monoisotopic (exact) mass is 171 g/mol. The molecule has 0 heterocycles. The SMILES string of the molecule is CCCC(C)C(=O)CCC(C)N. The Kier molecular flexibility index (Phi) is 5.99. The first-order valence-corrected chi connectivity index (χ1v) is 4.86. The highest BCUT2D eigenvalue weighted by Gasteiger charge is 2.11. The summed E-state index contributed by atoms with van der Waals surface area (Å²) < 4.78 is 0. The van der Waals surface area contributed by atoms with Crippen LogP contribution >= 0.6 is 0 Å². The largest absolute Gasteiger partial charge is 0.328 e. The van der Waals surface area contributed by atoms with Gasteiger partial charge in [-0.3, -0.25) is 4.79 Å². The summed E-state index contributed by atoms with van der Waals surface area (Å²) in [5.74, 6) is 0.600. The summed E-state index contributed by atoms with van der Waals surface area (Å²) >= 11 is 0. The van der Waals surface area contributed by atoms with E-state index in [9.17, 15) is 4.79 Å². The molecule has 0 spiro atoms. The molecular weight excluding hydrogens is 150 g/mol. The van der Waals surface area contributed by atoms with Crippen molar-refractivity contribution >= 4 is 5.78 Å². The van der Waals surface area contributed by atoms with Gasteiger partial charge in [0.2, 0.25) is 0 Å². The van der Waals surface area contributed by atoms with Crippen molar-refractivity contribution < 1.29 is 4.79 Å². The van der Waals surface area contributed by atoms with E-state index in [0.717, 1.165) is 19.3 Å². The second kappa shape index (κ2) is 6.18. The summed E-state index contributed by atoms with van der Waals surface area (Å²) in [6, 6.07) is 0.155. The lowest BCUT2D eigenvalue weighted by atomic mass is 9.96. The third-order valence-electron chi connectivity index (χ3n) is 2.12. The van der Waals surface area contributed by atoms with E-state index in [1.54, 1.807) is 0 Å². The van der Waals surface area contributed by atoms with E-state index in [-0.39, 0.29) is 12.0 Å². The summed E-state index contributed by atoms with van der Waals surface area (Å²) in [6.07, 6.45) is 3.58. The van der Waals surface area contributed by atoms with Crippen LogP contribution < -0.4 is 5.73 Å². The van der Waals surface area contributed by atoms with Gasteiger partial charge in [-0.1, -0.05) is 20.3 Å². The molecule has 0 radical (unpaired) electrons. The van der Waals surface area contributed by atoms with Gasteiger partial charge in [-0.05, 0) is 19.8 Å². The number of Topliss-reactive ketones (excluding diaryl/α,β-unsaturated/α-hetero) is 1. The highest BCUT2D eigenvalue weighted by molar-refractivity contribution is 5.80. The van der Waals surface area contributed by atoms with Gasteiger partial charge in [-0.2, -0.15) is 0 Å². The van der Waals surface area contributed by atoms with E-state index in [2.05, 4.69) is 6.92 Å². The smallest absolute Gasteiger partial charge is 0.135 e.